The first-order valence-electron chi connectivity index (χ1n) is 11.9. The minimum Gasteiger partial charge on any atom is -0.493 e. The molecule has 1 saturated heterocycles. The van der Waals surface area contributed by atoms with Crippen molar-refractivity contribution in [3.8, 4) is 11.5 Å². The van der Waals surface area contributed by atoms with E-state index in [0.29, 0.717) is 35.8 Å². The Balaban J connectivity index is 1.42. The van der Waals surface area contributed by atoms with Crippen LogP contribution < -0.4 is 20.1 Å². The Morgan fingerprint density at radius 1 is 1.03 bits per heavy atom. The fourth-order valence-electron chi connectivity index (χ4n) is 3.98. The Hall–Kier alpha value is -4.53. The van der Waals surface area contributed by atoms with Gasteiger partial charge in [-0.2, -0.15) is 0 Å². The normalized spacial score (nSPS) is 13.4. The lowest BCUT2D eigenvalue weighted by Gasteiger charge is -2.16. The molecule has 0 bridgehead atoms. The number of nitrogens with one attached hydrogen (secondary N) is 2. The van der Waals surface area contributed by atoms with Gasteiger partial charge in [-0.05, 0) is 47.9 Å². The van der Waals surface area contributed by atoms with Gasteiger partial charge in [-0.3, -0.25) is 14.4 Å². The maximum Gasteiger partial charge on any atom is 0.268 e. The second-order valence-corrected chi connectivity index (χ2v) is 8.52. The second kappa shape index (κ2) is 11.9. The topological polar surface area (TPSA) is 110 Å². The van der Waals surface area contributed by atoms with Gasteiger partial charge >= 0.3 is 0 Å². The van der Waals surface area contributed by atoms with Crippen LogP contribution in [0.15, 0.2) is 71.0 Å². The number of rotatable bonds is 10. The van der Waals surface area contributed by atoms with Gasteiger partial charge in [0.15, 0.2) is 11.5 Å². The summed E-state index contributed by atoms with van der Waals surface area (Å²) in [4.78, 5) is 39.7. The molecule has 4 rings (SSSR count). The third-order valence-corrected chi connectivity index (χ3v) is 5.99. The van der Waals surface area contributed by atoms with Crippen LogP contribution in [0.4, 0.5) is 0 Å². The Kier molecular flexibility index (Phi) is 8.25. The first-order valence-corrected chi connectivity index (χ1v) is 11.9. The number of hydrogen-bond acceptors (Lipinski definition) is 6. The average molecular weight is 504 g/mol. The summed E-state index contributed by atoms with van der Waals surface area (Å²) in [7, 11) is 2.99. The molecule has 0 saturated carbocycles. The lowest BCUT2D eigenvalue weighted by Crippen LogP contribution is -2.34. The van der Waals surface area contributed by atoms with Gasteiger partial charge in [0.2, 0.25) is 5.91 Å². The molecular weight excluding hydrogens is 474 g/mol. The largest absolute Gasteiger partial charge is 0.493 e. The molecule has 9 heteroatoms. The predicted octanol–water partition coefficient (Wildman–Crippen LogP) is 3.51. The highest BCUT2D eigenvalue weighted by molar-refractivity contribution is 6.05. The minimum atomic E-state index is -0.491. The lowest BCUT2D eigenvalue weighted by atomic mass is 10.1. The van der Waals surface area contributed by atoms with Gasteiger partial charge in [0, 0.05) is 37.7 Å². The Morgan fingerprint density at radius 3 is 2.43 bits per heavy atom. The summed E-state index contributed by atoms with van der Waals surface area (Å²) in [6.45, 7) is 1.63. The molecule has 0 spiro atoms. The van der Waals surface area contributed by atoms with Crippen molar-refractivity contribution in [1.82, 2.24) is 15.5 Å². The van der Waals surface area contributed by atoms with E-state index in [1.165, 1.54) is 32.6 Å². The van der Waals surface area contributed by atoms with Crippen molar-refractivity contribution in [2.45, 2.75) is 25.9 Å². The van der Waals surface area contributed by atoms with Crippen molar-refractivity contribution in [2.24, 2.45) is 0 Å². The fourth-order valence-corrected chi connectivity index (χ4v) is 3.98. The van der Waals surface area contributed by atoms with Gasteiger partial charge in [-0.25, -0.2) is 0 Å². The van der Waals surface area contributed by atoms with Crippen LogP contribution in [0.5, 0.6) is 11.5 Å². The van der Waals surface area contributed by atoms with E-state index in [9.17, 15) is 14.4 Å². The number of benzene rings is 2. The van der Waals surface area contributed by atoms with E-state index in [-0.39, 0.29) is 18.1 Å². The highest BCUT2D eigenvalue weighted by Crippen LogP contribution is 2.27. The molecule has 37 heavy (non-hydrogen) atoms. The summed E-state index contributed by atoms with van der Waals surface area (Å²) >= 11 is 0. The van der Waals surface area contributed by atoms with E-state index in [0.717, 1.165) is 24.1 Å². The SMILES string of the molecule is COc1ccc(C(=O)N/C(=C\c2ccco2)C(=O)NCc2ccc(CN3CCCC3=O)cc2)cc1OC. The third kappa shape index (κ3) is 6.58. The van der Waals surface area contributed by atoms with Crippen LogP contribution in [0, 0.1) is 0 Å². The van der Waals surface area contributed by atoms with Crippen molar-refractivity contribution < 1.29 is 28.3 Å². The minimum absolute atomic E-state index is 0.0268. The predicted molar refractivity (Wildman–Crippen MR) is 137 cm³/mol. The van der Waals surface area contributed by atoms with Crippen LogP contribution in [0.1, 0.15) is 40.1 Å². The molecule has 3 aromatic rings. The van der Waals surface area contributed by atoms with Crippen LogP contribution in [0.2, 0.25) is 0 Å². The Morgan fingerprint density at radius 2 is 1.78 bits per heavy atom. The summed E-state index contributed by atoms with van der Waals surface area (Å²) in [6, 6.07) is 15.8. The van der Waals surface area contributed by atoms with Crippen molar-refractivity contribution in [1.29, 1.82) is 0 Å². The Bertz CT molecular complexity index is 1280. The summed E-state index contributed by atoms with van der Waals surface area (Å²) in [5.41, 5.74) is 2.24. The van der Waals surface area contributed by atoms with Crippen molar-refractivity contribution in [3.63, 3.8) is 0 Å². The highest BCUT2D eigenvalue weighted by atomic mass is 16.5. The van der Waals surface area contributed by atoms with E-state index in [1.807, 2.05) is 29.2 Å². The van der Waals surface area contributed by atoms with Crippen molar-refractivity contribution in [3.05, 3.63) is 89.0 Å². The summed E-state index contributed by atoms with van der Waals surface area (Å²) < 4.78 is 15.8. The summed E-state index contributed by atoms with van der Waals surface area (Å²) in [6.07, 6.45) is 4.46. The molecule has 2 N–H and O–H groups in total. The van der Waals surface area contributed by atoms with Gasteiger partial charge < -0.3 is 29.4 Å². The van der Waals surface area contributed by atoms with Crippen LogP contribution in [-0.4, -0.2) is 43.4 Å². The number of hydrogen-bond donors (Lipinski definition) is 2. The molecule has 1 fully saturated rings. The van der Waals surface area contributed by atoms with Gasteiger partial charge in [-0.15, -0.1) is 0 Å². The standard InChI is InChI=1S/C28H29N3O6/c1-35-24-12-11-21(15-25(24)36-2)27(33)30-23(16-22-5-4-14-37-22)28(34)29-17-19-7-9-20(10-8-19)18-31-13-3-6-26(31)32/h4-5,7-12,14-16H,3,6,13,17-18H2,1-2H3,(H,29,34)(H,30,33)/b23-16-. The number of carbonyl (C=O) groups is 3. The van der Waals surface area contributed by atoms with E-state index < -0.39 is 11.8 Å². The number of amides is 3. The van der Waals surface area contributed by atoms with Gasteiger partial charge in [-0.1, -0.05) is 24.3 Å². The van der Waals surface area contributed by atoms with Crippen LogP contribution in [0.25, 0.3) is 6.08 Å². The molecule has 2 heterocycles. The maximum atomic E-state index is 13.0. The fraction of sp³-hybridized carbons (Fsp3) is 0.250. The maximum absolute atomic E-state index is 13.0. The second-order valence-electron chi connectivity index (χ2n) is 8.52. The van der Waals surface area contributed by atoms with Crippen LogP contribution >= 0.6 is 0 Å². The van der Waals surface area contributed by atoms with E-state index in [4.69, 9.17) is 13.9 Å². The van der Waals surface area contributed by atoms with Crippen LogP contribution in [0.3, 0.4) is 0 Å². The monoisotopic (exact) mass is 503 g/mol. The average Bonchev–Trinajstić information content (AvgIpc) is 3.58. The van der Waals surface area contributed by atoms with Gasteiger partial charge in [0.25, 0.3) is 11.8 Å². The smallest absolute Gasteiger partial charge is 0.268 e. The van der Waals surface area contributed by atoms with Crippen molar-refractivity contribution in [2.75, 3.05) is 20.8 Å². The van der Waals surface area contributed by atoms with E-state index in [2.05, 4.69) is 10.6 Å². The number of furan rings is 1. The molecule has 0 unspecified atom stereocenters. The van der Waals surface area contributed by atoms with Gasteiger partial charge in [0.05, 0.1) is 20.5 Å². The molecule has 192 valence electrons. The molecule has 0 aliphatic carbocycles. The first-order chi connectivity index (χ1) is 18.0. The Labute approximate surface area is 215 Å². The first kappa shape index (κ1) is 25.6. The highest BCUT2D eigenvalue weighted by Gasteiger charge is 2.20. The van der Waals surface area contributed by atoms with Gasteiger partial charge in [0.1, 0.15) is 11.5 Å². The zero-order valence-electron chi connectivity index (χ0n) is 20.8. The van der Waals surface area contributed by atoms with E-state index >= 15 is 0 Å². The summed E-state index contributed by atoms with van der Waals surface area (Å²) in [5.74, 6) is 0.516. The lowest BCUT2D eigenvalue weighted by molar-refractivity contribution is -0.128. The molecular formula is C28H29N3O6. The number of ether oxygens (including phenoxy) is 2. The molecule has 1 aliphatic heterocycles. The van der Waals surface area contributed by atoms with Crippen molar-refractivity contribution >= 4 is 23.8 Å². The quantitative estimate of drug-likeness (QED) is 0.410. The zero-order valence-corrected chi connectivity index (χ0v) is 20.8. The molecule has 0 atom stereocenters. The molecule has 1 aliphatic rings. The summed E-state index contributed by atoms with van der Waals surface area (Å²) in [5, 5.41) is 5.50. The number of likely N-dealkylation sites (tertiary alicyclic amines) is 1. The van der Waals surface area contributed by atoms with E-state index in [1.54, 1.807) is 24.3 Å². The number of methoxy groups -OCH3 is 2. The number of nitrogens with zero attached hydrogens (tertiary/aromatic N) is 1. The zero-order chi connectivity index (χ0) is 26.2. The molecule has 3 amide bonds. The molecule has 9 nitrogen and oxygen atoms in total. The molecule has 1 aromatic heterocycles. The molecule has 0 radical (unpaired) electrons. The number of carbonyl (C=O) groups excluding carboxylic acids is 3. The van der Waals surface area contributed by atoms with Crippen LogP contribution in [-0.2, 0) is 22.7 Å². The third-order valence-electron chi connectivity index (χ3n) is 5.99. The molecule has 2 aromatic carbocycles.